The molecule has 0 spiro atoms. The van der Waals surface area contributed by atoms with Gasteiger partial charge in [0.05, 0.1) is 12.5 Å². The Morgan fingerprint density at radius 3 is 2.19 bits per heavy atom. The van der Waals surface area contributed by atoms with Gasteiger partial charge in [-0.05, 0) is 42.9 Å². The number of aliphatic imine (C=N–C) groups is 1. The van der Waals surface area contributed by atoms with Crippen LogP contribution in [0.2, 0.25) is 0 Å². The summed E-state index contributed by atoms with van der Waals surface area (Å²) < 4.78 is 0. The van der Waals surface area contributed by atoms with Crippen LogP contribution in [0.1, 0.15) is 31.2 Å². The molecular formula is C26H38N8O7S. The quantitative estimate of drug-likeness (QED) is 0.0556. The van der Waals surface area contributed by atoms with E-state index in [1.54, 1.807) is 6.20 Å². The zero-order valence-corrected chi connectivity index (χ0v) is 24.0. The van der Waals surface area contributed by atoms with Gasteiger partial charge in [-0.3, -0.25) is 24.2 Å². The number of H-pyrrole nitrogens is 1. The molecule has 0 bridgehead atoms. The largest absolute Gasteiger partial charge is 0.481 e. The topological polar surface area (TPSA) is 268 Å². The number of aromatic amines is 1. The summed E-state index contributed by atoms with van der Waals surface area (Å²) >= 11 is 1.42. The van der Waals surface area contributed by atoms with Crippen LogP contribution in [0.3, 0.4) is 0 Å². The molecule has 42 heavy (non-hydrogen) atoms. The van der Waals surface area contributed by atoms with Gasteiger partial charge in [-0.2, -0.15) is 11.8 Å². The van der Waals surface area contributed by atoms with Crippen molar-refractivity contribution < 1.29 is 34.2 Å². The van der Waals surface area contributed by atoms with Crippen molar-refractivity contribution in [1.29, 1.82) is 0 Å². The van der Waals surface area contributed by atoms with Gasteiger partial charge in [0, 0.05) is 30.1 Å². The first-order chi connectivity index (χ1) is 19.9. The number of rotatable bonds is 18. The molecule has 0 saturated heterocycles. The minimum absolute atomic E-state index is 0.000773. The van der Waals surface area contributed by atoms with Gasteiger partial charge in [-0.1, -0.05) is 18.2 Å². The lowest BCUT2D eigenvalue weighted by atomic mass is 10.0. The summed E-state index contributed by atoms with van der Waals surface area (Å²) in [5.74, 6) is -4.55. The van der Waals surface area contributed by atoms with Gasteiger partial charge in [0.25, 0.3) is 0 Å². The first-order valence-corrected chi connectivity index (χ1v) is 14.5. The van der Waals surface area contributed by atoms with Gasteiger partial charge in [0.2, 0.25) is 17.7 Å². The number of benzene rings is 1. The van der Waals surface area contributed by atoms with Crippen LogP contribution in [0, 0.1) is 0 Å². The molecule has 0 radical (unpaired) electrons. The van der Waals surface area contributed by atoms with Crippen molar-refractivity contribution in [2.75, 3.05) is 18.6 Å². The van der Waals surface area contributed by atoms with Crippen LogP contribution in [-0.4, -0.2) is 93.5 Å². The van der Waals surface area contributed by atoms with Gasteiger partial charge in [-0.25, -0.2) is 4.79 Å². The monoisotopic (exact) mass is 606 g/mol. The highest BCUT2D eigenvalue weighted by atomic mass is 32.2. The second-order valence-corrected chi connectivity index (χ2v) is 10.5. The van der Waals surface area contributed by atoms with Crippen LogP contribution in [0.15, 0.2) is 35.5 Å². The van der Waals surface area contributed by atoms with Crippen molar-refractivity contribution >= 4 is 58.3 Å². The number of thioether (sulfide) groups is 1. The summed E-state index contributed by atoms with van der Waals surface area (Å²) in [6.45, 7) is 0.147. The Morgan fingerprint density at radius 1 is 0.952 bits per heavy atom. The first kappa shape index (κ1) is 33.9. The molecule has 0 saturated carbocycles. The van der Waals surface area contributed by atoms with Gasteiger partial charge < -0.3 is 48.3 Å². The normalized spacial score (nSPS) is 13.8. The van der Waals surface area contributed by atoms with Gasteiger partial charge in [-0.15, -0.1) is 0 Å². The number of nitrogens with two attached hydrogens (primary N) is 3. The molecule has 0 fully saturated rings. The minimum atomic E-state index is -1.41. The number of aliphatic carboxylic acids is 2. The second kappa shape index (κ2) is 16.8. The van der Waals surface area contributed by atoms with E-state index < -0.39 is 60.2 Å². The Morgan fingerprint density at radius 2 is 1.57 bits per heavy atom. The lowest BCUT2D eigenvalue weighted by Gasteiger charge is -2.25. The molecular weight excluding hydrogens is 568 g/mol. The van der Waals surface area contributed by atoms with Crippen molar-refractivity contribution in [2.24, 2.45) is 22.2 Å². The maximum atomic E-state index is 13.3. The molecule has 0 aliphatic heterocycles. The molecule has 1 aromatic heterocycles. The molecule has 4 unspecified atom stereocenters. The number of carboxylic acids is 2. The van der Waals surface area contributed by atoms with Crippen molar-refractivity contribution in [3.05, 3.63) is 36.0 Å². The molecule has 1 aromatic carbocycles. The summed E-state index contributed by atoms with van der Waals surface area (Å²) in [7, 11) is 0. The number of nitrogens with zero attached hydrogens (tertiary/aromatic N) is 1. The average Bonchev–Trinajstić information content (AvgIpc) is 3.34. The number of nitrogens with one attached hydrogen (secondary N) is 4. The van der Waals surface area contributed by atoms with Gasteiger partial charge in [0.1, 0.15) is 18.1 Å². The van der Waals surface area contributed by atoms with Gasteiger partial charge in [0.15, 0.2) is 5.96 Å². The molecule has 15 nitrogen and oxygen atoms in total. The SMILES string of the molecule is CSCCC(NC(=O)C(CCCN=C(N)N)NC(=O)C(N)CC(=O)O)C(=O)NC(Cc1c[nH]c2ccccc12)C(=O)O. The molecule has 1 heterocycles. The van der Waals surface area contributed by atoms with Crippen molar-refractivity contribution in [3.63, 3.8) is 0 Å². The van der Waals surface area contributed by atoms with Crippen LogP contribution in [0.4, 0.5) is 0 Å². The number of carbonyl (C=O) groups excluding carboxylic acids is 3. The number of hydrogen-bond donors (Lipinski definition) is 9. The van der Waals surface area contributed by atoms with Gasteiger partial charge >= 0.3 is 11.9 Å². The fraction of sp³-hybridized carbons (Fsp3) is 0.462. The van der Waals surface area contributed by atoms with E-state index in [4.69, 9.17) is 22.3 Å². The number of amides is 3. The predicted octanol–water partition coefficient (Wildman–Crippen LogP) is -1.14. The number of para-hydroxylation sites is 1. The summed E-state index contributed by atoms with van der Waals surface area (Å²) in [5.41, 5.74) is 17.8. The molecule has 3 amide bonds. The Hall–Kier alpha value is -4.31. The van der Waals surface area contributed by atoms with Crippen molar-refractivity contribution in [3.8, 4) is 0 Å². The van der Waals surface area contributed by atoms with E-state index in [0.29, 0.717) is 11.3 Å². The molecule has 2 rings (SSSR count). The van der Waals surface area contributed by atoms with Crippen LogP contribution in [-0.2, 0) is 30.4 Å². The van der Waals surface area contributed by atoms with E-state index in [-0.39, 0.29) is 38.2 Å². The number of guanidine groups is 1. The van der Waals surface area contributed by atoms with Crippen LogP contribution in [0.5, 0.6) is 0 Å². The zero-order valence-electron chi connectivity index (χ0n) is 23.2. The third-order valence-corrected chi connectivity index (χ3v) is 6.91. The maximum absolute atomic E-state index is 13.3. The summed E-state index contributed by atoms with van der Waals surface area (Å²) in [4.78, 5) is 69.0. The Balaban J connectivity index is 2.18. The fourth-order valence-corrected chi connectivity index (χ4v) is 4.57. The molecule has 12 N–H and O–H groups in total. The second-order valence-electron chi connectivity index (χ2n) is 9.52. The molecule has 0 aliphatic rings. The van der Waals surface area contributed by atoms with E-state index >= 15 is 0 Å². The van der Waals surface area contributed by atoms with E-state index in [1.807, 2.05) is 30.5 Å². The number of aromatic nitrogens is 1. The molecule has 2 aromatic rings. The highest BCUT2D eigenvalue weighted by molar-refractivity contribution is 7.98. The highest BCUT2D eigenvalue weighted by Gasteiger charge is 2.30. The maximum Gasteiger partial charge on any atom is 0.326 e. The van der Waals surface area contributed by atoms with Crippen LogP contribution >= 0.6 is 11.8 Å². The molecule has 16 heteroatoms. The van der Waals surface area contributed by atoms with E-state index in [1.165, 1.54) is 11.8 Å². The predicted molar refractivity (Wildman–Crippen MR) is 159 cm³/mol. The summed E-state index contributed by atoms with van der Waals surface area (Å²) in [5, 5.41) is 27.2. The smallest absolute Gasteiger partial charge is 0.326 e. The van der Waals surface area contributed by atoms with Crippen molar-refractivity contribution in [1.82, 2.24) is 20.9 Å². The van der Waals surface area contributed by atoms with E-state index in [0.717, 1.165) is 10.9 Å². The lowest BCUT2D eigenvalue weighted by Crippen LogP contribution is -2.57. The van der Waals surface area contributed by atoms with E-state index in [2.05, 4.69) is 25.9 Å². The number of carbonyl (C=O) groups is 5. The third-order valence-electron chi connectivity index (χ3n) is 6.27. The first-order valence-electron chi connectivity index (χ1n) is 13.1. The van der Waals surface area contributed by atoms with Crippen molar-refractivity contribution in [2.45, 2.75) is 56.3 Å². The average molecular weight is 607 g/mol. The zero-order chi connectivity index (χ0) is 31.2. The van der Waals surface area contributed by atoms with E-state index in [9.17, 15) is 29.1 Å². The summed E-state index contributed by atoms with van der Waals surface area (Å²) in [6.07, 6.45) is 3.32. The Kier molecular flexibility index (Phi) is 13.6. The Bertz CT molecular complexity index is 1280. The molecule has 230 valence electrons. The standard InChI is InChI=1S/C26H38N8O7S/c1-42-10-8-19(24(39)34-20(25(40)41)11-14-13-31-17-6-3-2-5-15(14)17)33-23(38)18(7-4-9-30-26(28)29)32-22(37)16(27)12-21(35)36/h2-3,5-6,13,16,18-20,31H,4,7-12,27H2,1H3,(H,32,37)(H,33,38)(H,34,39)(H,35,36)(H,40,41)(H4,28,29,30). The number of fused-ring (bicyclic) bond motifs is 1. The number of hydrogen-bond acceptors (Lipinski definition) is 8. The Labute approximate surface area is 246 Å². The minimum Gasteiger partial charge on any atom is -0.481 e. The fourth-order valence-electron chi connectivity index (χ4n) is 4.10. The van der Waals surface area contributed by atoms with Crippen LogP contribution < -0.4 is 33.2 Å². The van der Waals surface area contributed by atoms with Crippen LogP contribution in [0.25, 0.3) is 10.9 Å². The number of carboxylic acid groups (broad SMARTS) is 2. The molecule has 0 aliphatic carbocycles. The highest BCUT2D eigenvalue weighted by Crippen LogP contribution is 2.19. The third kappa shape index (κ3) is 10.9. The molecule has 4 atom stereocenters. The lowest BCUT2D eigenvalue weighted by molar-refractivity contribution is -0.142. The summed E-state index contributed by atoms with van der Waals surface area (Å²) in [6, 6.07) is 2.34.